The molecule has 0 saturated carbocycles. The van der Waals surface area contributed by atoms with Gasteiger partial charge in [-0.15, -0.1) is 0 Å². The zero-order chi connectivity index (χ0) is 19.7. The van der Waals surface area contributed by atoms with Crippen LogP contribution in [0.2, 0.25) is 0 Å². The Morgan fingerprint density at radius 1 is 1.37 bits per heavy atom. The summed E-state index contributed by atoms with van der Waals surface area (Å²) in [5, 5.41) is 23.2. The molecule has 1 aliphatic rings. The van der Waals surface area contributed by atoms with Crippen LogP contribution in [0, 0.1) is 13.8 Å². The van der Waals surface area contributed by atoms with Crippen molar-refractivity contribution in [2.24, 2.45) is 0 Å². The third-order valence-electron chi connectivity index (χ3n) is 4.40. The number of aryl methyl sites for hydroxylation is 2. The Bertz CT molecular complexity index is 947. The molecular formula is C16H20N4O7. The third kappa shape index (κ3) is 3.99. The number of aliphatic hydroxyl groups is 2. The van der Waals surface area contributed by atoms with Gasteiger partial charge in [-0.2, -0.15) is 0 Å². The molecule has 0 spiro atoms. The molecule has 4 N–H and O–H groups in total. The van der Waals surface area contributed by atoms with Gasteiger partial charge in [0.15, 0.2) is 11.6 Å². The number of nitrogens with zero attached hydrogens (tertiary/aromatic N) is 2. The average Bonchev–Trinajstić information content (AvgIpc) is 3.03. The molecule has 146 valence electrons. The van der Waals surface area contributed by atoms with E-state index in [1.54, 1.807) is 13.8 Å². The summed E-state index contributed by atoms with van der Waals surface area (Å²) in [5.41, 5.74) is -0.718. The van der Waals surface area contributed by atoms with E-state index >= 15 is 0 Å². The van der Waals surface area contributed by atoms with Gasteiger partial charge in [0.25, 0.3) is 11.5 Å². The molecule has 1 amide bonds. The maximum atomic E-state index is 12.1. The fourth-order valence-corrected chi connectivity index (χ4v) is 2.92. The number of hydrogen-bond donors (Lipinski definition) is 4. The van der Waals surface area contributed by atoms with Gasteiger partial charge in [0.2, 0.25) is 0 Å². The largest absolute Gasteiger partial charge is 0.448 e. The highest BCUT2D eigenvalue weighted by Gasteiger charge is 2.39. The van der Waals surface area contributed by atoms with Gasteiger partial charge >= 0.3 is 5.69 Å². The molecule has 0 unspecified atom stereocenters. The van der Waals surface area contributed by atoms with Crippen LogP contribution in [-0.2, 0) is 11.3 Å². The first-order chi connectivity index (χ1) is 12.8. The second-order valence-corrected chi connectivity index (χ2v) is 6.38. The smallest absolute Gasteiger partial charge is 0.328 e. The molecule has 1 fully saturated rings. The predicted octanol–water partition coefficient (Wildman–Crippen LogP) is -1.94. The SMILES string of the molecule is Cc1nc(C(=O)N[C@@H]2CO[C@H](Cn3c(C)cc(=O)[nH]c3=O)[C@@H](O)[C@H]2O)co1. The number of carbonyl (C=O) groups is 1. The number of H-pyrrole nitrogens is 1. The van der Waals surface area contributed by atoms with Crippen LogP contribution in [0.5, 0.6) is 0 Å². The van der Waals surface area contributed by atoms with Crippen LogP contribution in [0.1, 0.15) is 22.1 Å². The van der Waals surface area contributed by atoms with Crippen molar-refractivity contribution in [1.29, 1.82) is 0 Å². The van der Waals surface area contributed by atoms with Gasteiger partial charge in [0.05, 0.1) is 19.2 Å². The molecule has 0 aromatic carbocycles. The first-order valence-electron chi connectivity index (χ1n) is 8.27. The molecule has 0 radical (unpaired) electrons. The summed E-state index contributed by atoms with van der Waals surface area (Å²) >= 11 is 0. The maximum Gasteiger partial charge on any atom is 0.328 e. The first-order valence-corrected chi connectivity index (χ1v) is 8.27. The van der Waals surface area contributed by atoms with E-state index in [4.69, 9.17) is 9.15 Å². The van der Waals surface area contributed by atoms with E-state index in [0.29, 0.717) is 11.6 Å². The van der Waals surface area contributed by atoms with Crippen molar-refractivity contribution in [3.05, 3.63) is 50.4 Å². The molecule has 3 rings (SSSR count). The number of nitrogens with one attached hydrogen (secondary N) is 2. The second-order valence-electron chi connectivity index (χ2n) is 6.38. The summed E-state index contributed by atoms with van der Waals surface area (Å²) in [7, 11) is 0. The zero-order valence-corrected chi connectivity index (χ0v) is 14.7. The van der Waals surface area contributed by atoms with E-state index in [-0.39, 0.29) is 18.8 Å². The van der Waals surface area contributed by atoms with Crippen molar-refractivity contribution in [3.63, 3.8) is 0 Å². The van der Waals surface area contributed by atoms with Gasteiger partial charge in [-0.1, -0.05) is 0 Å². The summed E-state index contributed by atoms with van der Waals surface area (Å²) in [5.74, 6) is -0.250. The number of carbonyl (C=O) groups excluding carboxylic acids is 1. The van der Waals surface area contributed by atoms with Gasteiger partial charge in [0, 0.05) is 18.7 Å². The predicted molar refractivity (Wildman–Crippen MR) is 90.3 cm³/mol. The number of aromatic nitrogens is 3. The molecule has 27 heavy (non-hydrogen) atoms. The quantitative estimate of drug-likeness (QED) is 0.477. The minimum atomic E-state index is -1.36. The lowest BCUT2D eigenvalue weighted by Crippen LogP contribution is -2.60. The molecule has 2 aromatic heterocycles. The van der Waals surface area contributed by atoms with Crippen LogP contribution in [0.3, 0.4) is 0 Å². The van der Waals surface area contributed by atoms with Gasteiger partial charge in [-0.25, -0.2) is 9.78 Å². The van der Waals surface area contributed by atoms with Crippen molar-refractivity contribution in [2.45, 2.75) is 44.7 Å². The molecule has 4 atom stereocenters. The van der Waals surface area contributed by atoms with Gasteiger partial charge in [-0.05, 0) is 6.92 Å². The highest BCUT2D eigenvalue weighted by molar-refractivity contribution is 5.92. The minimum Gasteiger partial charge on any atom is -0.448 e. The Labute approximate surface area is 152 Å². The average molecular weight is 380 g/mol. The topological polar surface area (TPSA) is 160 Å². The fraction of sp³-hybridized carbons (Fsp3) is 0.500. The molecule has 1 saturated heterocycles. The van der Waals surface area contributed by atoms with E-state index in [1.807, 2.05) is 0 Å². The van der Waals surface area contributed by atoms with Crippen molar-refractivity contribution >= 4 is 5.91 Å². The molecular weight excluding hydrogens is 360 g/mol. The summed E-state index contributed by atoms with van der Waals surface area (Å²) in [6.45, 7) is 3.01. The molecule has 11 heteroatoms. The van der Waals surface area contributed by atoms with Crippen LogP contribution in [0.25, 0.3) is 0 Å². The summed E-state index contributed by atoms with van der Waals surface area (Å²) in [6, 6.07) is 0.379. The number of oxazole rings is 1. The van der Waals surface area contributed by atoms with Crippen molar-refractivity contribution in [3.8, 4) is 0 Å². The Hall–Kier alpha value is -2.76. The van der Waals surface area contributed by atoms with Gasteiger partial charge in [-0.3, -0.25) is 19.1 Å². The van der Waals surface area contributed by atoms with E-state index in [9.17, 15) is 24.6 Å². The van der Waals surface area contributed by atoms with Crippen molar-refractivity contribution in [2.75, 3.05) is 6.61 Å². The van der Waals surface area contributed by atoms with E-state index < -0.39 is 41.5 Å². The maximum absolute atomic E-state index is 12.1. The van der Waals surface area contributed by atoms with Crippen molar-refractivity contribution < 1.29 is 24.2 Å². The van der Waals surface area contributed by atoms with Crippen LogP contribution in [0.4, 0.5) is 0 Å². The standard InChI is InChI=1S/C16H20N4O7/c1-7-3-12(21)19-16(25)20(7)4-11-14(23)13(22)9(5-27-11)18-15(24)10-6-26-8(2)17-10/h3,6,9,11,13-14,22-23H,4-5H2,1-2H3,(H,18,24)(H,19,21,25)/t9-,11-,13+,14-/m1/s1. The van der Waals surface area contributed by atoms with Gasteiger partial charge < -0.3 is 24.7 Å². The number of aromatic amines is 1. The molecule has 3 heterocycles. The first kappa shape index (κ1) is 19.0. The van der Waals surface area contributed by atoms with Crippen molar-refractivity contribution in [1.82, 2.24) is 19.9 Å². The molecule has 2 aromatic rings. The third-order valence-corrected chi connectivity index (χ3v) is 4.40. The lowest BCUT2D eigenvalue weighted by Gasteiger charge is -2.38. The number of ether oxygens (including phenoxy) is 1. The molecule has 11 nitrogen and oxygen atoms in total. The van der Waals surface area contributed by atoms with Crippen LogP contribution < -0.4 is 16.6 Å². The lowest BCUT2D eigenvalue weighted by atomic mass is 9.97. The fourth-order valence-electron chi connectivity index (χ4n) is 2.92. The van der Waals surface area contributed by atoms with Crippen LogP contribution in [0.15, 0.2) is 26.3 Å². The Kier molecular flexibility index (Phi) is 5.26. The zero-order valence-electron chi connectivity index (χ0n) is 14.7. The Morgan fingerprint density at radius 2 is 2.11 bits per heavy atom. The monoisotopic (exact) mass is 380 g/mol. The molecule has 0 bridgehead atoms. The number of hydrogen-bond acceptors (Lipinski definition) is 8. The van der Waals surface area contributed by atoms with E-state index in [0.717, 1.165) is 0 Å². The lowest BCUT2D eigenvalue weighted by molar-refractivity contribution is -0.152. The number of rotatable bonds is 4. The van der Waals surface area contributed by atoms with E-state index in [2.05, 4.69) is 15.3 Å². The van der Waals surface area contributed by atoms with E-state index in [1.165, 1.54) is 16.9 Å². The summed E-state index contributed by atoms with van der Waals surface area (Å²) < 4.78 is 11.7. The normalized spacial score (nSPS) is 25.3. The number of aliphatic hydroxyl groups excluding tert-OH is 2. The highest BCUT2D eigenvalue weighted by atomic mass is 16.5. The number of amides is 1. The molecule has 0 aliphatic carbocycles. The highest BCUT2D eigenvalue weighted by Crippen LogP contribution is 2.18. The Morgan fingerprint density at radius 3 is 2.74 bits per heavy atom. The van der Waals surface area contributed by atoms with Gasteiger partial charge in [0.1, 0.15) is 24.6 Å². The second kappa shape index (κ2) is 7.47. The minimum absolute atomic E-state index is 0.0479. The van der Waals surface area contributed by atoms with Crippen LogP contribution in [-0.4, -0.2) is 61.6 Å². The summed E-state index contributed by atoms with van der Waals surface area (Å²) in [6.07, 6.45) is -2.39. The summed E-state index contributed by atoms with van der Waals surface area (Å²) in [4.78, 5) is 41.3. The van der Waals surface area contributed by atoms with Crippen LogP contribution >= 0.6 is 0 Å². The molecule has 1 aliphatic heterocycles. The Balaban J connectivity index is 1.68.